The van der Waals surface area contributed by atoms with Gasteiger partial charge in [-0.3, -0.25) is 4.79 Å². The lowest BCUT2D eigenvalue weighted by atomic mass is 10.2. The predicted molar refractivity (Wildman–Crippen MR) is 70.6 cm³/mol. The Bertz CT molecular complexity index is 409. The summed E-state index contributed by atoms with van der Waals surface area (Å²) < 4.78 is 0. The molecule has 0 saturated carbocycles. The number of aliphatic hydroxyl groups excluding tert-OH is 1. The van der Waals surface area contributed by atoms with Crippen LogP contribution in [0.5, 0.6) is 0 Å². The summed E-state index contributed by atoms with van der Waals surface area (Å²) in [4.78, 5) is 12.4. The van der Waals surface area contributed by atoms with Crippen molar-refractivity contribution in [1.82, 2.24) is 0 Å². The van der Waals surface area contributed by atoms with E-state index in [1.54, 1.807) is 11.8 Å². The van der Waals surface area contributed by atoms with Gasteiger partial charge in [-0.1, -0.05) is 0 Å². The Morgan fingerprint density at radius 3 is 3.12 bits per heavy atom. The monoisotopic (exact) mass is 252 g/mol. The topological polar surface area (TPSA) is 61.4 Å². The molecule has 0 unspecified atom stereocenters. The van der Waals surface area contributed by atoms with Gasteiger partial charge in [0.05, 0.1) is 11.4 Å². The maximum atomic E-state index is 11.3. The van der Waals surface area contributed by atoms with E-state index in [0.29, 0.717) is 5.75 Å². The summed E-state index contributed by atoms with van der Waals surface area (Å²) >= 11 is 1.56. The van der Waals surface area contributed by atoms with Crippen molar-refractivity contribution in [2.75, 3.05) is 29.5 Å². The van der Waals surface area contributed by atoms with Crippen LogP contribution in [0.4, 0.5) is 11.4 Å². The van der Waals surface area contributed by atoms with E-state index in [0.717, 1.165) is 35.7 Å². The van der Waals surface area contributed by atoms with Crippen LogP contribution in [0.1, 0.15) is 12.8 Å². The summed E-state index contributed by atoms with van der Waals surface area (Å²) in [5, 5.41) is 14.8. The number of carbonyl (C=O) groups is 1. The Morgan fingerprint density at radius 1 is 1.41 bits per heavy atom. The summed E-state index contributed by atoms with van der Waals surface area (Å²) in [6.07, 6.45) is 1.75. The van der Waals surface area contributed by atoms with Crippen LogP contribution < -0.4 is 10.6 Å². The minimum atomic E-state index is 0.0555. The second-order valence-corrected chi connectivity index (χ2v) is 4.92. The van der Waals surface area contributed by atoms with Gasteiger partial charge in [0.2, 0.25) is 5.91 Å². The summed E-state index contributed by atoms with van der Waals surface area (Å²) in [6, 6.07) is 5.99. The maximum Gasteiger partial charge on any atom is 0.234 e. The van der Waals surface area contributed by atoms with Crippen LogP contribution in [0, 0.1) is 0 Å². The van der Waals surface area contributed by atoms with Crippen LogP contribution in [-0.4, -0.2) is 29.9 Å². The molecule has 92 valence electrons. The average molecular weight is 252 g/mol. The van der Waals surface area contributed by atoms with Crippen LogP contribution in [0.25, 0.3) is 0 Å². The number of benzene rings is 1. The zero-order valence-corrected chi connectivity index (χ0v) is 10.3. The highest BCUT2D eigenvalue weighted by Crippen LogP contribution is 2.33. The van der Waals surface area contributed by atoms with Crippen molar-refractivity contribution in [3.63, 3.8) is 0 Å². The number of anilines is 2. The van der Waals surface area contributed by atoms with Crippen LogP contribution in [0.2, 0.25) is 0 Å². The highest BCUT2D eigenvalue weighted by atomic mass is 32.2. The number of amides is 1. The van der Waals surface area contributed by atoms with Gasteiger partial charge >= 0.3 is 0 Å². The molecule has 1 aliphatic rings. The third-order valence-electron chi connectivity index (χ3n) is 2.53. The number of rotatable bonds is 5. The molecule has 0 bridgehead atoms. The molecule has 0 fully saturated rings. The molecule has 4 nitrogen and oxygen atoms in total. The molecule has 2 rings (SSSR count). The third-order valence-corrected chi connectivity index (χ3v) is 3.60. The molecular formula is C12H16N2O2S. The van der Waals surface area contributed by atoms with Gasteiger partial charge in [0, 0.05) is 23.7 Å². The number of carbonyl (C=O) groups excluding carboxylic acids is 1. The van der Waals surface area contributed by atoms with Gasteiger partial charge in [0.1, 0.15) is 0 Å². The quantitative estimate of drug-likeness (QED) is 0.701. The van der Waals surface area contributed by atoms with Gasteiger partial charge < -0.3 is 15.7 Å². The zero-order valence-electron chi connectivity index (χ0n) is 9.53. The molecular weight excluding hydrogens is 236 g/mol. The first-order valence-corrected chi connectivity index (χ1v) is 6.69. The first kappa shape index (κ1) is 12.3. The third kappa shape index (κ3) is 3.38. The first-order valence-electron chi connectivity index (χ1n) is 5.71. The summed E-state index contributed by atoms with van der Waals surface area (Å²) in [6.45, 7) is 1.07. The minimum Gasteiger partial charge on any atom is -0.396 e. The van der Waals surface area contributed by atoms with Gasteiger partial charge in [-0.25, -0.2) is 0 Å². The Hall–Kier alpha value is -1.20. The lowest BCUT2D eigenvalue weighted by molar-refractivity contribution is -0.113. The first-order chi connectivity index (χ1) is 8.29. The van der Waals surface area contributed by atoms with E-state index in [9.17, 15) is 4.79 Å². The number of aliphatic hydroxyl groups is 1. The highest BCUT2D eigenvalue weighted by molar-refractivity contribution is 8.00. The smallest absolute Gasteiger partial charge is 0.234 e. The van der Waals surface area contributed by atoms with E-state index in [2.05, 4.69) is 10.6 Å². The number of fused-ring (bicyclic) bond motifs is 1. The number of hydrogen-bond acceptors (Lipinski definition) is 4. The van der Waals surface area contributed by atoms with Crippen molar-refractivity contribution in [3.8, 4) is 0 Å². The predicted octanol–water partition coefficient (Wildman–Crippen LogP) is 1.92. The Morgan fingerprint density at radius 2 is 2.29 bits per heavy atom. The average Bonchev–Trinajstić information content (AvgIpc) is 2.34. The second kappa shape index (κ2) is 5.93. The van der Waals surface area contributed by atoms with Crippen molar-refractivity contribution in [3.05, 3.63) is 18.2 Å². The van der Waals surface area contributed by atoms with Gasteiger partial charge in [0.15, 0.2) is 0 Å². The largest absolute Gasteiger partial charge is 0.396 e. The lowest BCUT2D eigenvalue weighted by Crippen LogP contribution is -2.18. The highest BCUT2D eigenvalue weighted by Gasteiger charge is 2.15. The number of unbranched alkanes of at least 4 members (excludes halogenated alkanes) is 1. The Labute approximate surface area is 105 Å². The zero-order chi connectivity index (χ0) is 12.1. The van der Waals surface area contributed by atoms with Crippen molar-refractivity contribution >= 4 is 29.0 Å². The van der Waals surface area contributed by atoms with Gasteiger partial charge in [-0.05, 0) is 31.0 Å². The number of thioether (sulfide) groups is 1. The van der Waals surface area contributed by atoms with Gasteiger partial charge in [0.25, 0.3) is 0 Å². The van der Waals surface area contributed by atoms with Crippen molar-refractivity contribution in [1.29, 1.82) is 0 Å². The molecule has 1 aromatic carbocycles. The molecule has 0 spiro atoms. The Balaban J connectivity index is 1.95. The molecule has 1 amide bonds. The van der Waals surface area contributed by atoms with Crippen molar-refractivity contribution in [2.45, 2.75) is 17.7 Å². The normalized spacial score (nSPS) is 14.1. The standard InChI is InChI=1S/C12H16N2O2S/c15-6-2-1-5-13-9-3-4-11-10(7-9)14-12(16)8-17-11/h3-4,7,13,15H,1-2,5-6,8H2,(H,14,16). The fourth-order valence-electron chi connectivity index (χ4n) is 1.66. The SMILES string of the molecule is O=C1CSc2ccc(NCCCCO)cc2N1. The van der Waals surface area contributed by atoms with E-state index >= 15 is 0 Å². The molecule has 1 heterocycles. The van der Waals surface area contributed by atoms with Crippen LogP contribution in [-0.2, 0) is 4.79 Å². The van der Waals surface area contributed by atoms with Gasteiger partial charge in [-0.2, -0.15) is 0 Å². The molecule has 0 aromatic heterocycles. The van der Waals surface area contributed by atoms with Crippen LogP contribution in [0.15, 0.2) is 23.1 Å². The lowest BCUT2D eigenvalue weighted by Gasteiger charge is -2.17. The molecule has 0 aliphatic carbocycles. The molecule has 5 heteroatoms. The summed E-state index contributed by atoms with van der Waals surface area (Å²) in [7, 11) is 0. The maximum absolute atomic E-state index is 11.3. The fraction of sp³-hybridized carbons (Fsp3) is 0.417. The van der Waals surface area contributed by atoms with E-state index in [4.69, 9.17) is 5.11 Å². The van der Waals surface area contributed by atoms with E-state index in [1.165, 1.54) is 0 Å². The van der Waals surface area contributed by atoms with E-state index < -0.39 is 0 Å². The molecule has 1 aromatic rings. The molecule has 0 atom stereocenters. The van der Waals surface area contributed by atoms with Gasteiger partial charge in [-0.15, -0.1) is 11.8 Å². The van der Waals surface area contributed by atoms with Crippen molar-refractivity contribution < 1.29 is 9.90 Å². The van der Waals surface area contributed by atoms with E-state index in [1.807, 2.05) is 18.2 Å². The molecule has 0 saturated heterocycles. The molecule has 17 heavy (non-hydrogen) atoms. The number of nitrogens with one attached hydrogen (secondary N) is 2. The second-order valence-electron chi connectivity index (χ2n) is 3.91. The summed E-state index contributed by atoms with van der Waals surface area (Å²) in [5.41, 5.74) is 1.89. The van der Waals surface area contributed by atoms with Crippen LogP contribution in [0.3, 0.4) is 0 Å². The number of hydrogen-bond donors (Lipinski definition) is 3. The van der Waals surface area contributed by atoms with Crippen LogP contribution >= 0.6 is 11.8 Å². The van der Waals surface area contributed by atoms with E-state index in [-0.39, 0.29) is 12.5 Å². The molecule has 3 N–H and O–H groups in total. The minimum absolute atomic E-state index is 0.0555. The summed E-state index contributed by atoms with van der Waals surface area (Å²) in [5.74, 6) is 0.552. The molecule has 1 aliphatic heterocycles. The fourth-order valence-corrected chi connectivity index (χ4v) is 2.45. The Kier molecular flexibility index (Phi) is 4.28. The molecule has 0 radical (unpaired) electrons. The van der Waals surface area contributed by atoms with Crippen molar-refractivity contribution in [2.24, 2.45) is 0 Å².